The normalized spacial score (nSPS) is 20.0. The van der Waals surface area contributed by atoms with E-state index in [1.54, 1.807) is 23.1 Å². The van der Waals surface area contributed by atoms with Crippen LogP contribution >= 0.6 is 0 Å². The third kappa shape index (κ3) is 4.39. The zero-order valence-corrected chi connectivity index (χ0v) is 16.4. The van der Waals surface area contributed by atoms with E-state index in [9.17, 15) is 4.79 Å². The van der Waals surface area contributed by atoms with Gasteiger partial charge in [-0.25, -0.2) is 9.67 Å². The van der Waals surface area contributed by atoms with Crippen molar-refractivity contribution in [3.8, 4) is 0 Å². The van der Waals surface area contributed by atoms with Crippen molar-refractivity contribution in [2.45, 2.75) is 51.8 Å². The molecule has 1 N–H and O–H groups in total. The predicted octanol–water partition coefficient (Wildman–Crippen LogP) is 1.38. The number of hydrogen-bond acceptors (Lipinski definition) is 7. The van der Waals surface area contributed by atoms with Gasteiger partial charge in [-0.1, -0.05) is 6.42 Å². The van der Waals surface area contributed by atoms with Gasteiger partial charge in [0.2, 0.25) is 0 Å². The summed E-state index contributed by atoms with van der Waals surface area (Å²) in [5.74, 6) is 0.850. The Kier molecular flexibility index (Phi) is 5.97. The molecular weight excluding hydrogens is 356 g/mol. The molecule has 2 aliphatic heterocycles. The molecule has 1 unspecified atom stereocenters. The Morgan fingerprint density at radius 3 is 3.04 bits per heavy atom. The highest BCUT2D eigenvalue weighted by atomic mass is 16.5. The molecule has 4 rings (SSSR count). The number of hydrogen-bond donors (Lipinski definition) is 1. The lowest BCUT2D eigenvalue weighted by atomic mass is 10.0. The van der Waals surface area contributed by atoms with Crippen molar-refractivity contribution in [1.82, 2.24) is 24.6 Å². The van der Waals surface area contributed by atoms with Crippen LogP contribution in [0.15, 0.2) is 23.3 Å². The van der Waals surface area contributed by atoms with Gasteiger partial charge in [-0.3, -0.25) is 14.7 Å². The second kappa shape index (κ2) is 8.79. The monoisotopic (exact) mass is 384 g/mol. The fourth-order valence-electron chi connectivity index (χ4n) is 4.02. The molecule has 2 aromatic rings. The minimum Gasteiger partial charge on any atom is -0.376 e. The highest BCUT2D eigenvalue weighted by Gasteiger charge is 2.23. The minimum absolute atomic E-state index is 0.0360. The van der Waals surface area contributed by atoms with Gasteiger partial charge >= 0.3 is 0 Å². The Labute approximate surface area is 164 Å². The maximum atomic E-state index is 12.4. The fraction of sp³-hybridized carbons (Fsp3) is 0.600. The van der Waals surface area contributed by atoms with E-state index in [2.05, 4.69) is 25.3 Å². The maximum Gasteiger partial charge on any atom is 0.267 e. The van der Waals surface area contributed by atoms with Gasteiger partial charge in [0.15, 0.2) is 0 Å². The number of aromatic nitrogens is 4. The second-order valence-electron chi connectivity index (χ2n) is 7.54. The summed E-state index contributed by atoms with van der Waals surface area (Å²) >= 11 is 0. The lowest BCUT2D eigenvalue weighted by Crippen LogP contribution is -2.46. The highest BCUT2D eigenvalue weighted by Crippen LogP contribution is 2.18. The molecule has 2 aliphatic rings. The van der Waals surface area contributed by atoms with E-state index in [4.69, 9.17) is 4.74 Å². The molecule has 0 amide bonds. The molecule has 2 aromatic heterocycles. The Morgan fingerprint density at radius 1 is 1.25 bits per heavy atom. The molecule has 0 saturated carbocycles. The molecule has 0 bridgehead atoms. The van der Waals surface area contributed by atoms with Gasteiger partial charge < -0.3 is 10.1 Å². The molecule has 150 valence electrons. The number of nitrogens with one attached hydrogen (secondary N) is 1. The Morgan fingerprint density at radius 2 is 2.14 bits per heavy atom. The summed E-state index contributed by atoms with van der Waals surface area (Å²) in [4.78, 5) is 23.5. The first-order valence-electron chi connectivity index (χ1n) is 10.1. The van der Waals surface area contributed by atoms with Crippen LogP contribution in [0.4, 0.5) is 5.82 Å². The topological polar surface area (TPSA) is 85.2 Å². The number of anilines is 1. The Hall–Kier alpha value is -2.32. The number of ether oxygens (including phenoxy) is 1. The van der Waals surface area contributed by atoms with Crippen LogP contribution in [0.2, 0.25) is 0 Å². The van der Waals surface area contributed by atoms with E-state index in [1.807, 2.05) is 6.92 Å². The van der Waals surface area contributed by atoms with Gasteiger partial charge in [-0.2, -0.15) is 5.10 Å². The first-order chi connectivity index (χ1) is 13.7. The number of fused-ring (bicyclic) bond motifs is 1. The van der Waals surface area contributed by atoms with E-state index < -0.39 is 0 Å². The van der Waals surface area contributed by atoms with E-state index in [0.717, 1.165) is 55.2 Å². The van der Waals surface area contributed by atoms with Crippen LogP contribution in [0.25, 0.3) is 0 Å². The van der Waals surface area contributed by atoms with Gasteiger partial charge in [0.05, 0.1) is 31.1 Å². The number of aryl methyl sites for hydroxylation is 1. The summed E-state index contributed by atoms with van der Waals surface area (Å²) in [7, 11) is 0. The maximum absolute atomic E-state index is 12.4. The summed E-state index contributed by atoms with van der Waals surface area (Å²) in [6.07, 6.45) is 7.79. The molecule has 8 heteroatoms. The van der Waals surface area contributed by atoms with Crippen molar-refractivity contribution in [3.05, 3.63) is 45.8 Å². The van der Waals surface area contributed by atoms with Crippen LogP contribution in [-0.4, -0.2) is 56.9 Å². The number of piperidine rings is 1. The van der Waals surface area contributed by atoms with E-state index in [0.29, 0.717) is 25.8 Å². The predicted molar refractivity (Wildman–Crippen MR) is 106 cm³/mol. The van der Waals surface area contributed by atoms with Crippen LogP contribution in [0.3, 0.4) is 0 Å². The summed E-state index contributed by atoms with van der Waals surface area (Å²) < 4.78 is 7.04. The largest absolute Gasteiger partial charge is 0.376 e. The first-order valence-corrected chi connectivity index (χ1v) is 10.1. The zero-order chi connectivity index (χ0) is 19.3. The van der Waals surface area contributed by atoms with Gasteiger partial charge in [-0.05, 0) is 26.3 Å². The molecule has 0 aromatic carbocycles. The molecule has 0 aliphatic carbocycles. The van der Waals surface area contributed by atoms with Crippen molar-refractivity contribution < 1.29 is 4.74 Å². The van der Waals surface area contributed by atoms with Crippen molar-refractivity contribution in [1.29, 1.82) is 0 Å². The summed E-state index contributed by atoms with van der Waals surface area (Å²) in [5.41, 5.74) is 2.82. The molecular formula is C20H28N6O2. The lowest BCUT2D eigenvalue weighted by Gasteiger charge is -2.36. The molecule has 8 nitrogen and oxygen atoms in total. The first kappa shape index (κ1) is 19.0. The zero-order valence-electron chi connectivity index (χ0n) is 16.4. The van der Waals surface area contributed by atoms with Crippen molar-refractivity contribution >= 4 is 5.82 Å². The minimum atomic E-state index is -0.0360. The molecule has 28 heavy (non-hydrogen) atoms. The fourth-order valence-corrected chi connectivity index (χ4v) is 4.02. The average molecular weight is 384 g/mol. The average Bonchev–Trinajstić information content (AvgIpc) is 2.72. The van der Waals surface area contributed by atoms with Crippen LogP contribution in [-0.2, 0) is 24.3 Å². The quantitative estimate of drug-likeness (QED) is 0.805. The van der Waals surface area contributed by atoms with Gasteiger partial charge in [0, 0.05) is 49.6 Å². The Balaban J connectivity index is 1.38. The van der Waals surface area contributed by atoms with Gasteiger partial charge in [0.25, 0.3) is 5.56 Å². The molecule has 1 saturated heterocycles. The SMILES string of the molecule is Cc1nccnc1NCC1CCCCN1CCn1nc2c(cc1=O)COCC2. The van der Waals surface area contributed by atoms with Gasteiger partial charge in [0.1, 0.15) is 5.82 Å². The molecule has 1 atom stereocenters. The second-order valence-corrected chi connectivity index (χ2v) is 7.54. The Bertz CT molecular complexity index is 868. The summed E-state index contributed by atoms with van der Waals surface area (Å²) in [6.45, 7) is 6.48. The third-order valence-corrected chi connectivity index (χ3v) is 5.64. The highest BCUT2D eigenvalue weighted by molar-refractivity contribution is 5.38. The van der Waals surface area contributed by atoms with Crippen LogP contribution < -0.4 is 10.9 Å². The smallest absolute Gasteiger partial charge is 0.267 e. The van der Waals surface area contributed by atoms with Crippen LogP contribution in [0.5, 0.6) is 0 Å². The number of likely N-dealkylation sites (tertiary alicyclic amines) is 1. The molecule has 0 radical (unpaired) electrons. The van der Waals surface area contributed by atoms with Gasteiger partial charge in [-0.15, -0.1) is 0 Å². The van der Waals surface area contributed by atoms with E-state index in [1.165, 1.54) is 12.8 Å². The van der Waals surface area contributed by atoms with E-state index >= 15 is 0 Å². The molecule has 0 spiro atoms. The van der Waals surface area contributed by atoms with Crippen LogP contribution in [0, 0.1) is 6.92 Å². The third-order valence-electron chi connectivity index (χ3n) is 5.64. The summed E-state index contributed by atoms with van der Waals surface area (Å²) in [6, 6.07) is 2.12. The van der Waals surface area contributed by atoms with E-state index in [-0.39, 0.29) is 5.56 Å². The molecule has 4 heterocycles. The number of nitrogens with zero attached hydrogens (tertiary/aromatic N) is 5. The number of rotatable bonds is 6. The lowest BCUT2D eigenvalue weighted by molar-refractivity contribution is 0.107. The van der Waals surface area contributed by atoms with Crippen LogP contribution in [0.1, 0.15) is 36.2 Å². The standard InChI is InChI=1S/C20H28N6O2/c1-15-20(22-7-6-21-15)23-13-17-4-2-3-8-25(17)9-10-26-19(27)12-16-14-28-11-5-18(16)24-26/h6-7,12,17H,2-5,8-11,13-14H2,1H3,(H,22,23). The summed E-state index contributed by atoms with van der Waals surface area (Å²) in [5, 5.41) is 8.04. The van der Waals surface area contributed by atoms with Crippen molar-refractivity contribution in [2.75, 3.05) is 31.6 Å². The van der Waals surface area contributed by atoms with Crippen molar-refractivity contribution in [2.24, 2.45) is 0 Å². The van der Waals surface area contributed by atoms with Crippen molar-refractivity contribution in [3.63, 3.8) is 0 Å². The molecule has 1 fully saturated rings.